The zero-order valence-corrected chi connectivity index (χ0v) is 14.5. The molecule has 6 heteroatoms. The molecule has 0 aromatic heterocycles. The van der Waals surface area contributed by atoms with Crippen molar-refractivity contribution in [2.45, 2.75) is 6.92 Å². The topological polar surface area (TPSA) is 59.9 Å². The minimum atomic E-state index is -0.329. The van der Waals surface area contributed by atoms with Gasteiger partial charge in [0, 0.05) is 10.0 Å². The van der Waals surface area contributed by atoms with Crippen molar-refractivity contribution in [3.05, 3.63) is 58.1 Å². The van der Waals surface area contributed by atoms with Gasteiger partial charge in [0.15, 0.2) is 0 Å². The Labute approximate surface area is 143 Å². The Kier molecular flexibility index (Phi) is 6.17. The highest BCUT2D eigenvalue weighted by Gasteiger charge is 2.10. The van der Waals surface area contributed by atoms with Crippen LogP contribution in [0.3, 0.4) is 0 Å². The fourth-order valence-electron chi connectivity index (χ4n) is 1.90. The molecule has 0 heterocycles. The van der Waals surface area contributed by atoms with Gasteiger partial charge in [-0.15, -0.1) is 0 Å². The van der Waals surface area contributed by atoms with Crippen molar-refractivity contribution in [2.24, 2.45) is 5.10 Å². The Balaban J connectivity index is 2.10. The van der Waals surface area contributed by atoms with E-state index in [9.17, 15) is 4.79 Å². The summed E-state index contributed by atoms with van der Waals surface area (Å²) in [5.74, 6) is 0.914. The second-order valence-electron chi connectivity index (χ2n) is 4.52. The van der Waals surface area contributed by atoms with Crippen LogP contribution in [0.15, 0.2) is 52.0 Å². The first kappa shape index (κ1) is 17.0. The molecule has 120 valence electrons. The predicted molar refractivity (Wildman–Crippen MR) is 93.4 cm³/mol. The van der Waals surface area contributed by atoms with Crippen LogP contribution in [0.2, 0.25) is 0 Å². The van der Waals surface area contributed by atoms with Crippen LogP contribution in [0.25, 0.3) is 0 Å². The van der Waals surface area contributed by atoms with E-state index in [1.165, 1.54) is 0 Å². The average Bonchev–Trinajstić information content (AvgIpc) is 2.57. The summed E-state index contributed by atoms with van der Waals surface area (Å²) >= 11 is 3.42. The highest BCUT2D eigenvalue weighted by molar-refractivity contribution is 9.10. The van der Waals surface area contributed by atoms with E-state index in [-0.39, 0.29) is 5.91 Å². The molecule has 2 aromatic rings. The van der Waals surface area contributed by atoms with Gasteiger partial charge in [0.05, 0.1) is 25.5 Å². The Morgan fingerprint density at radius 3 is 2.83 bits per heavy atom. The van der Waals surface area contributed by atoms with Crippen molar-refractivity contribution < 1.29 is 14.3 Å². The maximum Gasteiger partial charge on any atom is 0.275 e. The molecule has 0 spiro atoms. The van der Waals surface area contributed by atoms with Gasteiger partial charge in [0.1, 0.15) is 11.5 Å². The molecule has 0 aliphatic heterocycles. The number of ether oxygens (including phenoxy) is 2. The van der Waals surface area contributed by atoms with Crippen LogP contribution < -0.4 is 14.9 Å². The number of nitrogens with zero attached hydrogens (tertiary/aromatic N) is 1. The van der Waals surface area contributed by atoms with E-state index in [0.29, 0.717) is 23.7 Å². The number of hydrazone groups is 1. The number of benzene rings is 2. The molecule has 0 radical (unpaired) electrons. The first-order chi connectivity index (χ1) is 11.2. The molecule has 0 fully saturated rings. The molecule has 1 N–H and O–H groups in total. The van der Waals surface area contributed by atoms with Gasteiger partial charge in [-0.1, -0.05) is 28.1 Å². The Morgan fingerprint density at radius 2 is 2.09 bits per heavy atom. The van der Waals surface area contributed by atoms with Crippen molar-refractivity contribution in [1.29, 1.82) is 0 Å². The average molecular weight is 377 g/mol. The number of nitrogens with one attached hydrogen (secondary N) is 1. The summed E-state index contributed by atoms with van der Waals surface area (Å²) in [7, 11) is 1.59. The number of methoxy groups -OCH3 is 1. The maximum absolute atomic E-state index is 12.2. The number of rotatable bonds is 6. The summed E-state index contributed by atoms with van der Waals surface area (Å²) in [6, 6.07) is 12.5. The molecule has 2 aromatic carbocycles. The van der Waals surface area contributed by atoms with Crippen LogP contribution in [-0.2, 0) is 0 Å². The predicted octanol–water partition coefficient (Wildman–Crippen LogP) is 3.62. The van der Waals surface area contributed by atoms with Gasteiger partial charge in [0.2, 0.25) is 0 Å². The van der Waals surface area contributed by atoms with Gasteiger partial charge in [-0.2, -0.15) is 5.10 Å². The molecule has 23 heavy (non-hydrogen) atoms. The third-order valence-corrected chi connectivity index (χ3v) is 3.73. The fourth-order valence-corrected chi connectivity index (χ4v) is 2.25. The van der Waals surface area contributed by atoms with Crippen LogP contribution in [0.4, 0.5) is 0 Å². The maximum atomic E-state index is 12.2. The van der Waals surface area contributed by atoms with Gasteiger partial charge in [0.25, 0.3) is 5.91 Å². The summed E-state index contributed by atoms with van der Waals surface area (Å²) in [5, 5.41) is 3.99. The lowest BCUT2D eigenvalue weighted by Crippen LogP contribution is -2.18. The Hall–Kier alpha value is -2.34. The zero-order chi connectivity index (χ0) is 16.7. The van der Waals surface area contributed by atoms with E-state index in [2.05, 4.69) is 26.5 Å². The standard InChI is InChI=1S/C17H17BrN2O3/c1-3-23-16-7-5-4-6-14(16)17(21)20-19-11-12-10-13(22-2)8-9-15(12)18/h4-11H,3H2,1-2H3,(H,20,21). The number of para-hydroxylation sites is 1. The monoisotopic (exact) mass is 376 g/mol. The van der Waals surface area contributed by atoms with Gasteiger partial charge < -0.3 is 9.47 Å². The Bertz CT molecular complexity index is 717. The molecule has 0 bridgehead atoms. The number of amides is 1. The summed E-state index contributed by atoms with van der Waals surface area (Å²) in [4.78, 5) is 12.2. The molecule has 0 saturated heterocycles. The van der Waals surface area contributed by atoms with Crippen LogP contribution in [0.5, 0.6) is 11.5 Å². The molecule has 0 unspecified atom stereocenters. The zero-order valence-electron chi connectivity index (χ0n) is 12.9. The number of carbonyl (C=O) groups excluding carboxylic acids is 1. The van der Waals surface area contributed by atoms with Crippen molar-refractivity contribution in [3.8, 4) is 11.5 Å². The highest BCUT2D eigenvalue weighted by Crippen LogP contribution is 2.21. The lowest BCUT2D eigenvalue weighted by molar-refractivity contribution is 0.0951. The second kappa shape index (κ2) is 8.33. The van der Waals surface area contributed by atoms with Crippen LogP contribution >= 0.6 is 15.9 Å². The summed E-state index contributed by atoms with van der Waals surface area (Å²) in [6.07, 6.45) is 1.55. The van der Waals surface area contributed by atoms with Crippen LogP contribution in [0, 0.1) is 0 Å². The number of hydrogen-bond acceptors (Lipinski definition) is 4. The Morgan fingerprint density at radius 1 is 1.30 bits per heavy atom. The molecule has 2 rings (SSSR count). The van der Waals surface area contributed by atoms with Gasteiger partial charge >= 0.3 is 0 Å². The highest BCUT2D eigenvalue weighted by atomic mass is 79.9. The molecule has 1 amide bonds. The van der Waals surface area contributed by atoms with Crippen molar-refractivity contribution in [2.75, 3.05) is 13.7 Å². The van der Waals surface area contributed by atoms with Crippen molar-refractivity contribution in [1.82, 2.24) is 5.43 Å². The van der Waals surface area contributed by atoms with E-state index in [1.54, 1.807) is 31.5 Å². The lowest BCUT2D eigenvalue weighted by atomic mass is 10.2. The smallest absolute Gasteiger partial charge is 0.275 e. The van der Waals surface area contributed by atoms with Crippen molar-refractivity contribution >= 4 is 28.1 Å². The largest absolute Gasteiger partial charge is 0.497 e. The first-order valence-electron chi connectivity index (χ1n) is 7.04. The SMILES string of the molecule is CCOc1ccccc1C(=O)NN=Cc1cc(OC)ccc1Br. The number of hydrogen-bond donors (Lipinski definition) is 1. The van der Waals surface area contributed by atoms with E-state index < -0.39 is 0 Å². The molecule has 0 atom stereocenters. The van der Waals surface area contributed by atoms with E-state index in [0.717, 1.165) is 10.0 Å². The quantitative estimate of drug-likeness (QED) is 0.618. The van der Waals surface area contributed by atoms with Gasteiger partial charge in [-0.3, -0.25) is 4.79 Å². The minimum Gasteiger partial charge on any atom is -0.497 e. The van der Waals surface area contributed by atoms with Crippen LogP contribution in [-0.4, -0.2) is 25.8 Å². The third-order valence-electron chi connectivity index (χ3n) is 3.00. The summed E-state index contributed by atoms with van der Waals surface area (Å²) < 4.78 is 11.5. The third kappa shape index (κ3) is 4.56. The molecule has 0 saturated carbocycles. The molecular weight excluding hydrogens is 360 g/mol. The normalized spacial score (nSPS) is 10.6. The van der Waals surface area contributed by atoms with Crippen molar-refractivity contribution in [3.63, 3.8) is 0 Å². The molecule has 0 aliphatic carbocycles. The summed E-state index contributed by atoms with van der Waals surface area (Å²) in [5.41, 5.74) is 3.73. The first-order valence-corrected chi connectivity index (χ1v) is 7.83. The van der Waals surface area contributed by atoms with Gasteiger partial charge in [-0.25, -0.2) is 5.43 Å². The van der Waals surface area contributed by atoms with Gasteiger partial charge in [-0.05, 0) is 37.3 Å². The van der Waals surface area contributed by atoms with Crippen LogP contribution in [0.1, 0.15) is 22.8 Å². The van der Waals surface area contributed by atoms with E-state index in [1.807, 2.05) is 31.2 Å². The number of carbonyl (C=O) groups is 1. The lowest BCUT2D eigenvalue weighted by Gasteiger charge is -2.08. The second-order valence-corrected chi connectivity index (χ2v) is 5.37. The number of halogens is 1. The van der Waals surface area contributed by atoms with E-state index in [4.69, 9.17) is 9.47 Å². The molecule has 5 nitrogen and oxygen atoms in total. The summed E-state index contributed by atoms with van der Waals surface area (Å²) in [6.45, 7) is 2.36. The van der Waals surface area contributed by atoms with E-state index >= 15 is 0 Å². The minimum absolute atomic E-state index is 0.329. The molecular formula is C17H17BrN2O3. The molecule has 0 aliphatic rings. The fraction of sp³-hybridized carbons (Fsp3) is 0.176.